The lowest BCUT2D eigenvalue weighted by atomic mass is 9.95. The van der Waals surface area contributed by atoms with Crippen LogP contribution in [0, 0.1) is 5.82 Å². The van der Waals surface area contributed by atoms with Gasteiger partial charge in [0.15, 0.2) is 0 Å². The molecule has 3 N–H and O–H groups in total. The van der Waals surface area contributed by atoms with Gasteiger partial charge in [0, 0.05) is 18.2 Å². The summed E-state index contributed by atoms with van der Waals surface area (Å²) in [6.07, 6.45) is -10.7. The zero-order valence-electron chi connectivity index (χ0n) is 10.2. The largest absolute Gasteiger partial charge is 0.416 e. The summed E-state index contributed by atoms with van der Waals surface area (Å²) in [5, 5.41) is 8.60. The van der Waals surface area contributed by atoms with Gasteiger partial charge in [0.25, 0.3) is 0 Å². The van der Waals surface area contributed by atoms with Gasteiger partial charge >= 0.3 is 12.4 Å². The highest BCUT2D eigenvalue weighted by molar-refractivity contribution is 5.85. The zero-order chi connectivity index (χ0) is 15.7. The van der Waals surface area contributed by atoms with E-state index in [-0.39, 0.29) is 24.5 Å². The van der Waals surface area contributed by atoms with E-state index in [0.717, 1.165) is 0 Å². The Morgan fingerprint density at radius 3 is 1.95 bits per heavy atom. The third kappa shape index (κ3) is 4.72. The van der Waals surface area contributed by atoms with Crippen LogP contribution in [-0.2, 0) is 12.4 Å². The lowest BCUT2D eigenvalue weighted by Crippen LogP contribution is -2.22. The summed E-state index contributed by atoms with van der Waals surface area (Å²) in [6.45, 7) is -0.626. The molecule has 0 heterocycles. The summed E-state index contributed by atoms with van der Waals surface area (Å²) in [5.74, 6) is -1.70. The van der Waals surface area contributed by atoms with Gasteiger partial charge in [-0.05, 0) is 18.6 Å². The molecule has 0 spiro atoms. The van der Waals surface area contributed by atoms with E-state index in [4.69, 9.17) is 10.8 Å². The van der Waals surface area contributed by atoms with Crippen molar-refractivity contribution in [3.63, 3.8) is 0 Å². The maximum Gasteiger partial charge on any atom is 0.416 e. The number of alkyl halides is 6. The number of rotatable bonds is 3. The van der Waals surface area contributed by atoms with Gasteiger partial charge in [-0.1, -0.05) is 0 Å². The Bertz CT molecular complexity index is 487. The average Bonchev–Trinajstić information content (AvgIpc) is 2.25. The van der Waals surface area contributed by atoms with Crippen molar-refractivity contribution >= 4 is 12.4 Å². The molecule has 1 atom stereocenters. The first-order valence-electron chi connectivity index (χ1n) is 5.32. The molecule has 21 heavy (non-hydrogen) atoms. The highest BCUT2D eigenvalue weighted by atomic mass is 35.5. The van der Waals surface area contributed by atoms with Crippen molar-refractivity contribution in [1.29, 1.82) is 0 Å². The molecule has 0 saturated carbocycles. The SMILES string of the molecule is Cl.N[C@H](CCO)c1c(F)cc(C(F)(F)F)cc1C(F)(F)F. The minimum Gasteiger partial charge on any atom is -0.396 e. The zero-order valence-corrected chi connectivity index (χ0v) is 11.0. The van der Waals surface area contributed by atoms with Crippen molar-refractivity contribution in [3.8, 4) is 0 Å². The first kappa shape index (κ1) is 19.9. The fourth-order valence-electron chi connectivity index (χ4n) is 1.68. The van der Waals surface area contributed by atoms with Crippen molar-refractivity contribution < 1.29 is 35.8 Å². The van der Waals surface area contributed by atoms with Crippen LogP contribution in [0.5, 0.6) is 0 Å². The van der Waals surface area contributed by atoms with Crippen molar-refractivity contribution in [3.05, 3.63) is 34.6 Å². The molecule has 1 aromatic carbocycles. The Labute approximate surface area is 121 Å². The smallest absolute Gasteiger partial charge is 0.396 e. The Balaban J connectivity index is 0.00000400. The molecule has 0 fully saturated rings. The summed E-state index contributed by atoms with van der Waals surface area (Å²) in [7, 11) is 0. The molecule has 1 aromatic rings. The molecule has 0 aliphatic heterocycles. The molecule has 122 valence electrons. The summed E-state index contributed by atoms with van der Waals surface area (Å²) in [5.41, 5.74) is 0.664. The van der Waals surface area contributed by atoms with Crippen LogP contribution in [-0.4, -0.2) is 11.7 Å². The van der Waals surface area contributed by atoms with E-state index >= 15 is 0 Å². The number of hydrogen-bond acceptors (Lipinski definition) is 2. The molecule has 2 nitrogen and oxygen atoms in total. The van der Waals surface area contributed by atoms with Crippen molar-refractivity contribution in [1.82, 2.24) is 0 Å². The van der Waals surface area contributed by atoms with Gasteiger partial charge in [-0.3, -0.25) is 0 Å². The molecule has 0 aliphatic rings. The summed E-state index contributed by atoms with van der Waals surface area (Å²) in [4.78, 5) is 0. The molecule has 0 radical (unpaired) electrons. The minimum absolute atomic E-state index is 0. The Kier molecular flexibility index (Phi) is 6.46. The van der Waals surface area contributed by atoms with Crippen LogP contribution >= 0.6 is 12.4 Å². The van der Waals surface area contributed by atoms with Gasteiger partial charge in [-0.25, -0.2) is 4.39 Å². The van der Waals surface area contributed by atoms with E-state index in [1.165, 1.54) is 0 Å². The first-order valence-corrected chi connectivity index (χ1v) is 5.32. The fraction of sp³-hybridized carbons (Fsp3) is 0.455. The number of hydrogen-bond donors (Lipinski definition) is 2. The first-order chi connectivity index (χ1) is 8.98. The minimum atomic E-state index is -5.19. The van der Waals surface area contributed by atoms with Crippen molar-refractivity contribution in [2.24, 2.45) is 5.73 Å². The van der Waals surface area contributed by atoms with Gasteiger partial charge < -0.3 is 10.8 Å². The Morgan fingerprint density at radius 1 is 1.05 bits per heavy atom. The Hall–Kier alpha value is -1.06. The third-order valence-corrected chi connectivity index (χ3v) is 2.57. The molecule has 1 rings (SSSR count). The van der Waals surface area contributed by atoms with Crippen molar-refractivity contribution in [2.45, 2.75) is 24.8 Å². The van der Waals surface area contributed by atoms with Crippen LogP contribution in [0.3, 0.4) is 0 Å². The second kappa shape index (κ2) is 6.80. The van der Waals surface area contributed by atoms with Gasteiger partial charge in [0.2, 0.25) is 0 Å². The number of benzene rings is 1. The van der Waals surface area contributed by atoms with E-state index in [1.54, 1.807) is 0 Å². The number of halogens is 8. The van der Waals surface area contributed by atoms with E-state index in [2.05, 4.69) is 0 Å². The predicted molar refractivity (Wildman–Crippen MR) is 62.3 cm³/mol. The third-order valence-electron chi connectivity index (χ3n) is 2.57. The number of aliphatic hydroxyl groups is 1. The monoisotopic (exact) mass is 341 g/mol. The van der Waals surface area contributed by atoms with Crippen LogP contribution in [0.1, 0.15) is 29.2 Å². The summed E-state index contributed by atoms with van der Waals surface area (Å²) in [6, 6.07) is -1.78. The van der Waals surface area contributed by atoms with Crippen LogP contribution < -0.4 is 5.73 Å². The molecule has 0 bridgehead atoms. The predicted octanol–water partition coefficient (Wildman–Crippen LogP) is 3.67. The van der Waals surface area contributed by atoms with Crippen LogP contribution in [0.25, 0.3) is 0 Å². The molecule has 0 amide bonds. The summed E-state index contributed by atoms with van der Waals surface area (Å²) >= 11 is 0. The molecule has 0 aromatic heterocycles. The molecular formula is C11H11ClF7NO. The van der Waals surface area contributed by atoms with Crippen LogP contribution in [0.4, 0.5) is 30.7 Å². The quantitative estimate of drug-likeness (QED) is 0.824. The summed E-state index contributed by atoms with van der Waals surface area (Å²) < 4.78 is 89.1. The second-order valence-electron chi connectivity index (χ2n) is 4.03. The highest BCUT2D eigenvalue weighted by Gasteiger charge is 2.40. The van der Waals surface area contributed by atoms with Gasteiger partial charge in [-0.2, -0.15) is 26.3 Å². The fourth-order valence-corrected chi connectivity index (χ4v) is 1.68. The van der Waals surface area contributed by atoms with Gasteiger partial charge in [0.05, 0.1) is 11.1 Å². The number of nitrogens with two attached hydrogens (primary N) is 1. The standard InChI is InChI=1S/C11H10F7NO.ClH/c12-7-4-5(10(13,14)15)3-6(11(16,17)18)9(7)8(19)1-2-20;/h3-4,8,20H,1-2,19H2;1H/t8-;/m1./s1. The topological polar surface area (TPSA) is 46.2 Å². The van der Waals surface area contributed by atoms with Crippen molar-refractivity contribution in [2.75, 3.05) is 6.61 Å². The van der Waals surface area contributed by atoms with E-state index in [9.17, 15) is 30.7 Å². The molecule has 0 aliphatic carbocycles. The molecule has 10 heteroatoms. The average molecular weight is 342 g/mol. The molecular weight excluding hydrogens is 331 g/mol. The van der Waals surface area contributed by atoms with E-state index in [0.29, 0.717) is 0 Å². The lowest BCUT2D eigenvalue weighted by Gasteiger charge is -2.20. The Morgan fingerprint density at radius 2 is 1.57 bits per heavy atom. The molecule has 0 unspecified atom stereocenters. The van der Waals surface area contributed by atoms with Crippen LogP contribution in [0.15, 0.2) is 12.1 Å². The lowest BCUT2D eigenvalue weighted by molar-refractivity contribution is -0.144. The highest BCUT2D eigenvalue weighted by Crippen LogP contribution is 2.40. The number of aliphatic hydroxyl groups excluding tert-OH is 1. The normalized spacial score (nSPS) is 13.8. The molecule has 0 saturated heterocycles. The van der Waals surface area contributed by atoms with E-state index in [1.807, 2.05) is 0 Å². The maximum absolute atomic E-state index is 13.6. The second-order valence-corrected chi connectivity index (χ2v) is 4.03. The van der Waals surface area contributed by atoms with Gasteiger partial charge in [0.1, 0.15) is 5.82 Å². The van der Waals surface area contributed by atoms with Crippen LogP contribution in [0.2, 0.25) is 0 Å². The van der Waals surface area contributed by atoms with E-state index < -0.39 is 53.9 Å². The van der Waals surface area contributed by atoms with Gasteiger partial charge in [-0.15, -0.1) is 12.4 Å². The maximum atomic E-state index is 13.6.